The first-order valence-electron chi connectivity index (χ1n) is 8.20. The van der Waals surface area contributed by atoms with Crippen molar-refractivity contribution in [3.05, 3.63) is 29.8 Å². The Hall–Kier alpha value is -1.06. The van der Waals surface area contributed by atoms with Gasteiger partial charge in [0, 0.05) is 37.9 Å². The van der Waals surface area contributed by atoms with E-state index in [0.717, 1.165) is 26.2 Å². The predicted octanol–water partition coefficient (Wildman–Crippen LogP) is 3.21. The standard InChI is InChI=1S/C18H33N3/c1-7-21(8-2)17-11-9-16(10-12-17)13-19-14-18(15(3)4)20(5)6/h9-12,15,18-19H,7-8,13-14H2,1-6H3. The van der Waals surface area contributed by atoms with Crippen molar-refractivity contribution in [2.24, 2.45) is 5.92 Å². The molecule has 21 heavy (non-hydrogen) atoms. The van der Waals surface area contributed by atoms with Crippen LogP contribution in [0.25, 0.3) is 0 Å². The first-order valence-corrected chi connectivity index (χ1v) is 8.20. The average molecular weight is 291 g/mol. The maximum absolute atomic E-state index is 3.59. The highest BCUT2D eigenvalue weighted by Gasteiger charge is 2.14. The Morgan fingerprint density at radius 1 is 1.00 bits per heavy atom. The van der Waals surface area contributed by atoms with Crippen LogP contribution in [0.1, 0.15) is 33.3 Å². The molecule has 0 radical (unpaired) electrons. The topological polar surface area (TPSA) is 18.5 Å². The smallest absolute Gasteiger partial charge is 0.0366 e. The molecule has 1 aromatic rings. The number of nitrogens with zero attached hydrogens (tertiary/aromatic N) is 2. The van der Waals surface area contributed by atoms with Crippen molar-refractivity contribution in [1.82, 2.24) is 10.2 Å². The molecule has 0 spiro atoms. The van der Waals surface area contributed by atoms with E-state index in [1.807, 2.05) is 0 Å². The van der Waals surface area contributed by atoms with Crippen LogP contribution in [0.15, 0.2) is 24.3 Å². The number of rotatable bonds is 9. The van der Waals surface area contributed by atoms with Crippen LogP contribution in [-0.4, -0.2) is 44.7 Å². The molecule has 1 rings (SSSR count). The third kappa shape index (κ3) is 5.68. The zero-order valence-electron chi connectivity index (χ0n) is 14.7. The highest BCUT2D eigenvalue weighted by atomic mass is 15.1. The second kappa shape index (κ2) is 9.06. The molecule has 0 heterocycles. The monoisotopic (exact) mass is 291 g/mol. The summed E-state index contributed by atoms with van der Waals surface area (Å²) in [6.45, 7) is 13.1. The van der Waals surface area contributed by atoms with Crippen LogP contribution in [0.3, 0.4) is 0 Å². The van der Waals surface area contributed by atoms with E-state index in [2.05, 4.69) is 81.2 Å². The van der Waals surface area contributed by atoms with Gasteiger partial charge in [-0.15, -0.1) is 0 Å². The fourth-order valence-electron chi connectivity index (χ4n) is 2.79. The Kier molecular flexibility index (Phi) is 7.76. The summed E-state index contributed by atoms with van der Waals surface area (Å²) in [6, 6.07) is 9.52. The highest BCUT2D eigenvalue weighted by molar-refractivity contribution is 5.47. The zero-order valence-corrected chi connectivity index (χ0v) is 14.7. The van der Waals surface area contributed by atoms with Crippen LogP contribution in [0.5, 0.6) is 0 Å². The Morgan fingerprint density at radius 3 is 2.00 bits per heavy atom. The summed E-state index contributed by atoms with van der Waals surface area (Å²) in [5.41, 5.74) is 2.67. The van der Waals surface area contributed by atoms with Crippen LogP contribution in [0.4, 0.5) is 5.69 Å². The van der Waals surface area contributed by atoms with Crippen LogP contribution in [0, 0.1) is 5.92 Å². The van der Waals surface area contributed by atoms with Gasteiger partial charge in [0.1, 0.15) is 0 Å². The Balaban J connectivity index is 2.49. The average Bonchev–Trinajstić information content (AvgIpc) is 2.45. The molecule has 1 unspecified atom stereocenters. The van der Waals surface area contributed by atoms with Gasteiger partial charge in [-0.25, -0.2) is 0 Å². The maximum atomic E-state index is 3.59. The largest absolute Gasteiger partial charge is 0.372 e. The number of hydrogen-bond acceptors (Lipinski definition) is 3. The van der Waals surface area contributed by atoms with Gasteiger partial charge in [0.2, 0.25) is 0 Å². The molecular formula is C18H33N3. The summed E-state index contributed by atoms with van der Waals surface area (Å²) in [6.07, 6.45) is 0. The third-order valence-electron chi connectivity index (χ3n) is 4.18. The van der Waals surface area contributed by atoms with Crippen molar-refractivity contribution in [3.63, 3.8) is 0 Å². The molecule has 0 saturated heterocycles. The molecule has 0 bridgehead atoms. The number of hydrogen-bond donors (Lipinski definition) is 1. The lowest BCUT2D eigenvalue weighted by molar-refractivity contribution is 0.224. The fourth-order valence-corrected chi connectivity index (χ4v) is 2.79. The van der Waals surface area contributed by atoms with Crippen LogP contribution < -0.4 is 10.2 Å². The summed E-state index contributed by atoms with van der Waals surface area (Å²) in [7, 11) is 4.32. The lowest BCUT2D eigenvalue weighted by Crippen LogP contribution is -2.41. The minimum atomic E-state index is 0.583. The van der Waals surface area contributed by atoms with Crippen molar-refractivity contribution < 1.29 is 0 Å². The molecule has 1 atom stereocenters. The highest BCUT2D eigenvalue weighted by Crippen LogP contribution is 2.15. The van der Waals surface area contributed by atoms with Gasteiger partial charge < -0.3 is 15.1 Å². The number of benzene rings is 1. The van der Waals surface area contributed by atoms with E-state index in [4.69, 9.17) is 0 Å². The normalized spacial score (nSPS) is 13.0. The maximum Gasteiger partial charge on any atom is 0.0366 e. The van der Waals surface area contributed by atoms with Crippen LogP contribution in [0.2, 0.25) is 0 Å². The SMILES string of the molecule is CCN(CC)c1ccc(CNCC(C(C)C)N(C)C)cc1. The summed E-state index contributed by atoms with van der Waals surface area (Å²) in [4.78, 5) is 4.68. The molecule has 120 valence electrons. The molecule has 1 N–H and O–H groups in total. The second-order valence-corrected chi connectivity index (χ2v) is 6.24. The van der Waals surface area contributed by atoms with Gasteiger partial charge in [-0.3, -0.25) is 0 Å². The number of anilines is 1. The molecule has 0 aliphatic heterocycles. The molecular weight excluding hydrogens is 258 g/mol. The van der Waals surface area contributed by atoms with Crippen molar-refractivity contribution >= 4 is 5.69 Å². The van der Waals surface area contributed by atoms with E-state index >= 15 is 0 Å². The van der Waals surface area contributed by atoms with Crippen LogP contribution >= 0.6 is 0 Å². The molecule has 0 aliphatic carbocycles. The Bertz CT molecular complexity index is 372. The van der Waals surface area contributed by atoms with Crippen LogP contribution in [-0.2, 0) is 6.54 Å². The van der Waals surface area contributed by atoms with Crippen molar-refractivity contribution in [3.8, 4) is 0 Å². The number of likely N-dealkylation sites (N-methyl/N-ethyl adjacent to an activating group) is 1. The number of nitrogens with one attached hydrogen (secondary N) is 1. The van der Waals surface area contributed by atoms with E-state index in [9.17, 15) is 0 Å². The first kappa shape index (κ1) is 18.0. The minimum absolute atomic E-state index is 0.583. The predicted molar refractivity (Wildman–Crippen MR) is 94.0 cm³/mol. The van der Waals surface area contributed by atoms with E-state index < -0.39 is 0 Å². The Labute approximate surface area is 131 Å². The molecule has 0 aliphatic rings. The molecule has 0 saturated carbocycles. The van der Waals surface area contributed by atoms with Gasteiger partial charge in [0.15, 0.2) is 0 Å². The first-order chi connectivity index (χ1) is 9.99. The van der Waals surface area contributed by atoms with Gasteiger partial charge in [0.05, 0.1) is 0 Å². The summed E-state index contributed by atoms with van der Waals surface area (Å²) in [5, 5.41) is 3.59. The molecule has 0 fully saturated rings. The zero-order chi connectivity index (χ0) is 15.8. The Morgan fingerprint density at radius 2 is 1.57 bits per heavy atom. The van der Waals surface area contributed by atoms with Gasteiger partial charge in [-0.05, 0) is 51.6 Å². The van der Waals surface area contributed by atoms with Crippen molar-refractivity contribution in [2.45, 2.75) is 40.3 Å². The van der Waals surface area contributed by atoms with Gasteiger partial charge >= 0.3 is 0 Å². The van der Waals surface area contributed by atoms with Gasteiger partial charge in [-0.2, -0.15) is 0 Å². The summed E-state index contributed by atoms with van der Waals surface area (Å²) < 4.78 is 0. The van der Waals surface area contributed by atoms with E-state index in [0.29, 0.717) is 12.0 Å². The van der Waals surface area contributed by atoms with E-state index in [1.54, 1.807) is 0 Å². The third-order valence-corrected chi connectivity index (χ3v) is 4.18. The molecule has 3 heteroatoms. The summed E-state index contributed by atoms with van der Waals surface area (Å²) in [5.74, 6) is 0.664. The lowest BCUT2D eigenvalue weighted by atomic mass is 10.0. The van der Waals surface area contributed by atoms with Gasteiger partial charge in [0.25, 0.3) is 0 Å². The van der Waals surface area contributed by atoms with Crippen molar-refractivity contribution in [1.29, 1.82) is 0 Å². The van der Waals surface area contributed by atoms with E-state index in [1.165, 1.54) is 11.3 Å². The minimum Gasteiger partial charge on any atom is -0.372 e. The van der Waals surface area contributed by atoms with E-state index in [-0.39, 0.29) is 0 Å². The fraction of sp³-hybridized carbons (Fsp3) is 0.667. The van der Waals surface area contributed by atoms with Gasteiger partial charge in [-0.1, -0.05) is 26.0 Å². The second-order valence-electron chi connectivity index (χ2n) is 6.24. The lowest BCUT2D eigenvalue weighted by Gasteiger charge is -2.28. The molecule has 0 aromatic heterocycles. The summed E-state index contributed by atoms with van der Waals surface area (Å²) >= 11 is 0. The quantitative estimate of drug-likeness (QED) is 0.754. The molecule has 1 aromatic carbocycles. The molecule has 0 amide bonds. The molecule has 3 nitrogen and oxygen atoms in total. The van der Waals surface area contributed by atoms with Crippen molar-refractivity contribution in [2.75, 3.05) is 38.6 Å².